The van der Waals surface area contributed by atoms with E-state index in [2.05, 4.69) is 11.8 Å². The van der Waals surface area contributed by atoms with Crippen molar-refractivity contribution in [2.24, 2.45) is 11.7 Å². The van der Waals surface area contributed by atoms with Crippen molar-refractivity contribution in [2.45, 2.75) is 26.2 Å². The molecule has 0 bridgehead atoms. The topological polar surface area (TPSA) is 29.3 Å². The van der Waals surface area contributed by atoms with Crippen molar-refractivity contribution in [3.05, 3.63) is 11.1 Å². The second kappa shape index (κ2) is 6.44. The van der Waals surface area contributed by atoms with E-state index in [1.807, 2.05) is 0 Å². The Morgan fingerprint density at radius 2 is 2.43 bits per heavy atom. The van der Waals surface area contributed by atoms with Crippen LogP contribution in [0.3, 0.4) is 0 Å². The zero-order chi connectivity index (χ0) is 10.4. The molecule has 0 aliphatic carbocycles. The van der Waals surface area contributed by atoms with Gasteiger partial charge in [0.05, 0.1) is 0 Å². The first-order valence-electron chi connectivity index (χ1n) is 5.44. The SMILES string of the molecule is CC(=CCl)CN1CCCC(CCN)C1. The summed E-state index contributed by atoms with van der Waals surface area (Å²) in [5.74, 6) is 0.803. The Balaban J connectivity index is 2.32. The van der Waals surface area contributed by atoms with Crippen LogP contribution in [0.5, 0.6) is 0 Å². The highest BCUT2D eigenvalue weighted by Gasteiger charge is 2.18. The van der Waals surface area contributed by atoms with Crippen molar-refractivity contribution in [3.8, 4) is 0 Å². The smallest absolute Gasteiger partial charge is 0.0201 e. The van der Waals surface area contributed by atoms with Crippen LogP contribution in [0.4, 0.5) is 0 Å². The van der Waals surface area contributed by atoms with Gasteiger partial charge in [-0.2, -0.15) is 0 Å². The minimum absolute atomic E-state index is 0.803. The van der Waals surface area contributed by atoms with Crippen molar-refractivity contribution in [1.82, 2.24) is 4.90 Å². The molecule has 1 saturated heterocycles. The molecule has 0 spiro atoms. The first-order valence-corrected chi connectivity index (χ1v) is 5.88. The number of halogens is 1. The van der Waals surface area contributed by atoms with Crippen molar-refractivity contribution in [2.75, 3.05) is 26.2 Å². The standard InChI is InChI=1S/C11H21ClN2/c1-10(7-12)8-14-6-2-3-11(9-14)4-5-13/h7,11H,2-6,8-9,13H2,1H3. The second-order valence-corrected chi connectivity index (χ2v) is 4.49. The fourth-order valence-corrected chi connectivity index (χ4v) is 2.22. The Kier molecular flexibility index (Phi) is 5.53. The summed E-state index contributed by atoms with van der Waals surface area (Å²) >= 11 is 5.66. The number of rotatable bonds is 4. The molecule has 3 heteroatoms. The molecule has 14 heavy (non-hydrogen) atoms. The van der Waals surface area contributed by atoms with Crippen LogP contribution in [0, 0.1) is 5.92 Å². The molecule has 1 atom stereocenters. The zero-order valence-electron chi connectivity index (χ0n) is 9.01. The third kappa shape index (κ3) is 3.99. The van der Waals surface area contributed by atoms with Gasteiger partial charge in [0.25, 0.3) is 0 Å². The molecule has 0 aromatic rings. The summed E-state index contributed by atoms with van der Waals surface area (Å²) in [6.07, 6.45) is 3.82. The van der Waals surface area contributed by atoms with E-state index in [0.717, 1.165) is 19.0 Å². The van der Waals surface area contributed by atoms with Gasteiger partial charge in [0.15, 0.2) is 0 Å². The number of hydrogen-bond donors (Lipinski definition) is 1. The molecule has 2 nitrogen and oxygen atoms in total. The maximum Gasteiger partial charge on any atom is 0.0201 e. The molecule has 1 aliphatic rings. The number of likely N-dealkylation sites (tertiary alicyclic amines) is 1. The fourth-order valence-electron chi connectivity index (χ4n) is 2.15. The minimum atomic E-state index is 0.803. The Bertz CT molecular complexity index is 190. The van der Waals surface area contributed by atoms with E-state index in [0.29, 0.717) is 0 Å². The van der Waals surface area contributed by atoms with Crippen molar-refractivity contribution >= 4 is 11.6 Å². The van der Waals surface area contributed by atoms with Crippen LogP contribution in [-0.4, -0.2) is 31.1 Å². The summed E-state index contributed by atoms with van der Waals surface area (Å²) in [4.78, 5) is 2.48. The highest BCUT2D eigenvalue weighted by atomic mass is 35.5. The van der Waals surface area contributed by atoms with Gasteiger partial charge in [-0.05, 0) is 50.8 Å². The van der Waals surface area contributed by atoms with Gasteiger partial charge in [-0.15, -0.1) is 0 Å². The lowest BCUT2D eigenvalue weighted by Crippen LogP contribution is -2.37. The normalized spacial score (nSPS) is 25.4. The van der Waals surface area contributed by atoms with Gasteiger partial charge in [-0.25, -0.2) is 0 Å². The number of hydrogen-bond acceptors (Lipinski definition) is 2. The number of piperidine rings is 1. The first-order chi connectivity index (χ1) is 6.76. The van der Waals surface area contributed by atoms with Crippen LogP contribution in [0.25, 0.3) is 0 Å². The van der Waals surface area contributed by atoms with Crippen molar-refractivity contribution in [1.29, 1.82) is 0 Å². The van der Waals surface area contributed by atoms with Crippen LogP contribution in [0.1, 0.15) is 26.2 Å². The van der Waals surface area contributed by atoms with Gasteiger partial charge in [0.1, 0.15) is 0 Å². The Labute approximate surface area is 92.1 Å². The average molecular weight is 217 g/mol. The number of nitrogens with zero attached hydrogens (tertiary/aromatic N) is 1. The maximum atomic E-state index is 5.66. The van der Waals surface area contributed by atoms with Crippen molar-refractivity contribution in [3.63, 3.8) is 0 Å². The van der Waals surface area contributed by atoms with Gasteiger partial charge in [-0.1, -0.05) is 11.6 Å². The van der Waals surface area contributed by atoms with E-state index in [9.17, 15) is 0 Å². The summed E-state index contributed by atoms with van der Waals surface area (Å²) in [7, 11) is 0. The van der Waals surface area contributed by atoms with Gasteiger partial charge in [-0.3, -0.25) is 4.90 Å². The average Bonchev–Trinajstić information content (AvgIpc) is 2.19. The third-order valence-corrected chi connectivity index (χ3v) is 3.21. The summed E-state index contributed by atoms with van der Waals surface area (Å²) in [6.45, 7) is 6.33. The molecular formula is C11H21ClN2. The summed E-state index contributed by atoms with van der Waals surface area (Å²) in [5.41, 5.74) is 8.52. The van der Waals surface area contributed by atoms with E-state index in [1.54, 1.807) is 5.54 Å². The van der Waals surface area contributed by atoms with E-state index >= 15 is 0 Å². The molecule has 1 rings (SSSR count). The molecule has 1 unspecified atom stereocenters. The van der Waals surface area contributed by atoms with E-state index < -0.39 is 0 Å². The summed E-state index contributed by atoms with van der Waals surface area (Å²) in [5, 5.41) is 0. The van der Waals surface area contributed by atoms with E-state index in [-0.39, 0.29) is 0 Å². The second-order valence-electron chi connectivity index (χ2n) is 4.28. The maximum absolute atomic E-state index is 5.66. The van der Waals surface area contributed by atoms with Crippen LogP contribution >= 0.6 is 11.6 Å². The molecule has 1 heterocycles. The Morgan fingerprint density at radius 3 is 3.07 bits per heavy atom. The van der Waals surface area contributed by atoms with Crippen LogP contribution < -0.4 is 5.73 Å². The van der Waals surface area contributed by atoms with Gasteiger partial charge in [0, 0.05) is 18.6 Å². The fraction of sp³-hybridized carbons (Fsp3) is 0.818. The molecule has 1 fully saturated rings. The Hall–Kier alpha value is -0.0500. The third-order valence-electron chi connectivity index (χ3n) is 2.84. The van der Waals surface area contributed by atoms with Crippen LogP contribution in [-0.2, 0) is 0 Å². The summed E-state index contributed by atoms with van der Waals surface area (Å²) < 4.78 is 0. The molecule has 2 N–H and O–H groups in total. The van der Waals surface area contributed by atoms with E-state index in [1.165, 1.54) is 37.9 Å². The van der Waals surface area contributed by atoms with Crippen molar-refractivity contribution < 1.29 is 0 Å². The molecule has 0 radical (unpaired) electrons. The highest BCUT2D eigenvalue weighted by molar-refractivity contribution is 6.25. The molecule has 0 saturated carbocycles. The predicted octanol–water partition coefficient (Wildman–Crippen LogP) is 2.19. The lowest BCUT2D eigenvalue weighted by atomic mass is 9.94. The molecule has 0 aromatic heterocycles. The monoisotopic (exact) mass is 216 g/mol. The lowest BCUT2D eigenvalue weighted by molar-refractivity contribution is 0.182. The minimum Gasteiger partial charge on any atom is -0.330 e. The van der Waals surface area contributed by atoms with Crippen LogP contribution in [0.2, 0.25) is 0 Å². The molecule has 1 aliphatic heterocycles. The van der Waals surface area contributed by atoms with Gasteiger partial charge < -0.3 is 5.73 Å². The quantitative estimate of drug-likeness (QED) is 0.781. The molecule has 0 aromatic carbocycles. The highest BCUT2D eigenvalue weighted by Crippen LogP contribution is 2.19. The van der Waals surface area contributed by atoms with Gasteiger partial charge in [0.2, 0.25) is 0 Å². The number of nitrogens with two attached hydrogens (primary N) is 1. The Morgan fingerprint density at radius 1 is 1.64 bits per heavy atom. The van der Waals surface area contributed by atoms with Crippen LogP contribution in [0.15, 0.2) is 11.1 Å². The molecule has 82 valence electrons. The predicted molar refractivity (Wildman–Crippen MR) is 62.4 cm³/mol. The lowest BCUT2D eigenvalue weighted by Gasteiger charge is -2.32. The first kappa shape index (κ1) is 12.0. The summed E-state index contributed by atoms with van der Waals surface area (Å²) in [6, 6.07) is 0. The molecule has 0 amide bonds. The zero-order valence-corrected chi connectivity index (χ0v) is 9.76. The van der Waals surface area contributed by atoms with E-state index in [4.69, 9.17) is 17.3 Å². The largest absolute Gasteiger partial charge is 0.330 e. The van der Waals surface area contributed by atoms with Gasteiger partial charge >= 0.3 is 0 Å². The molecular weight excluding hydrogens is 196 g/mol.